The molecule has 1 N–H and O–H groups in total. The molecule has 4 heteroatoms. The summed E-state index contributed by atoms with van der Waals surface area (Å²) in [7, 11) is 0. The average molecular weight is 216 g/mol. The maximum atomic E-state index is 11.3. The van der Waals surface area contributed by atoms with Crippen molar-refractivity contribution < 1.29 is 19.4 Å². The molecule has 0 aromatic rings. The molecule has 0 aliphatic rings. The molecule has 0 aliphatic carbocycles. The highest BCUT2D eigenvalue weighted by molar-refractivity contribution is 5.93. The summed E-state index contributed by atoms with van der Waals surface area (Å²) in [5.74, 6) is -2.75. The highest BCUT2D eigenvalue weighted by atomic mass is 16.5. The Hall–Kier alpha value is -1.06. The number of esters is 1. The van der Waals surface area contributed by atoms with Crippen LogP contribution in [0, 0.1) is 11.3 Å². The van der Waals surface area contributed by atoms with Gasteiger partial charge in [0, 0.05) is 0 Å². The van der Waals surface area contributed by atoms with E-state index in [0.29, 0.717) is 12.8 Å². The maximum Gasteiger partial charge on any atom is 0.320 e. The van der Waals surface area contributed by atoms with Crippen LogP contribution in [0.3, 0.4) is 0 Å². The predicted octanol–water partition coefficient (Wildman–Crippen LogP) is 2.08. The van der Waals surface area contributed by atoms with Crippen molar-refractivity contribution in [1.82, 2.24) is 0 Å². The van der Waals surface area contributed by atoms with Crippen LogP contribution in [0.4, 0.5) is 0 Å². The summed E-state index contributed by atoms with van der Waals surface area (Å²) in [6.07, 6.45) is 1.01. The van der Waals surface area contributed by atoms with Crippen LogP contribution in [0.25, 0.3) is 0 Å². The molecule has 4 nitrogen and oxygen atoms in total. The second-order valence-electron chi connectivity index (χ2n) is 4.74. The van der Waals surface area contributed by atoms with Crippen molar-refractivity contribution in [1.29, 1.82) is 0 Å². The number of carbonyl (C=O) groups excluding carboxylic acids is 1. The van der Waals surface area contributed by atoms with Gasteiger partial charge in [-0.3, -0.25) is 9.59 Å². The van der Waals surface area contributed by atoms with Gasteiger partial charge < -0.3 is 9.84 Å². The van der Waals surface area contributed by atoms with Gasteiger partial charge in [0.05, 0.1) is 6.61 Å². The number of ether oxygens (including phenoxy) is 1. The lowest BCUT2D eigenvalue weighted by atomic mass is 9.87. The van der Waals surface area contributed by atoms with Crippen LogP contribution in [0.5, 0.6) is 0 Å². The molecule has 88 valence electrons. The third-order valence-corrected chi connectivity index (χ3v) is 2.05. The van der Waals surface area contributed by atoms with Crippen LogP contribution < -0.4 is 0 Å². The second-order valence-corrected chi connectivity index (χ2v) is 4.74. The number of rotatable bonds is 5. The van der Waals surface area contributed by atoms with Gasteiger partial charge >= 0.3 is 11.9 Å². The summed E-state index contributed by atoms with van der Waals surface area (Å²) in [5, 5.41) is 8.87. The summed E-state index contributed by atoms with van der Waals surface area (Å²) in [6, 6.07) is 0. The summed E-state index contributed by atoms with van der Waals surface area (Å²) in [5.41, 5.74) is 0.0280. The van der Waals surface area contributed by atoms with E-state index < -0.39 is 17.9 Å². The van der Waals surface area contributed by atoms with Gasteiger partial charge in [-0.25, -0.2) is 0 Å². The Labute approximate surface area is 90.6 Å². The third kappa shape index (κ3) is 6.10. The zero-order valence-corrected chi connectivity index (χ0v) is 9.87. The SMILES string of the molecule is CCOC(=O)C(CCC(C)(C)C)C(=O)O. The van der Waals surface area contributed by atoms with Crippen LogP contribution >= 0.6 is 0 Å². The standard InChI is InChI=1S/C11H20O4/c1-5-15-10(14)8(9(12)13)6-7-11(2,3)4/h8H,5-7H2,1-4H3,(H,12,13). The molecule has 0 bridgehead atoms. The van der Waals surface area contributed by atoms with Gasteiger partial charge in [0.2, 0.25) is 0 Å². The van der Waals surface area contributed by atoms with E-state index in [-0.39, 0.29) is 12.0 Å². The molecule has 0 aromatic carbocycles. The maximum absolute atomic E-state index is 11.3. The van der Waals surface area contributed by atoms with Gasteiger partial charge in [0.1, 0.15) is 0 Å². The first-order valence-corrected chi connectivity index (χ1v) is 5.17. The molecule has 0 fully saturated rings. The molecule has 0 rings (SSSR count). The van der Waals surface area contributed by atoms with Crippen molar-refractivity contribution in [3.63, 3.8) is 0 Å². The molecule has 1 atom stereocenters. The fourth-order valence-electron chi connectivity index (χ4n) is 1.16. The van der Waals surface area contributed by atoms with Gasteiger partial charge in [-0.2, -0.15) is 0 Å². The molecular formula is C11H20O4. The number of carboxylic acids is 1. The van der Waals surface area contributed by atoms with Gasteiger partial charge in [0.15, 0.2) is 5.92 Å². The van der Waals surface area contributed by atoms with Crippen LogP contribution in [-0.2, 0) is 14.3 Å². The largest absolute Gasteiger partial charge is 0.481 e. The van der Waals surface area contributed by atoms with Gasteiger partial charge in [-0.05, 0) is 25.2 Å². The Morgan fingerprint density at radius 2 is 1.87 bits per heavy atom. The summed E-state index contributed by atoms with van der Waals surface area (Å²) in [4.78, 5) is 22.1. The Morgan fingerprint density at radius 1 is 1.33 bits per heavy atom. The van der Waals surface area contributed by atoms with E-state index in [2.05, 4.69) is 0 Å². The Balaban J connectivity index is 4.29. The van der Waals surface area contributed by atoms with E-state index >= 15 is 0 Å². The van der Waals surface area contributed by atoms with E-state index in [1.54, 1.807) is 6.92 Å². The molecule has 15 heavy (non-hydrogen) atoms. The van der Waals surface area contributed by atoms with Crippen molar-refractivity contribution in [3.8, 4) is 0 Å². The van der Waals surface area contributed by atoms with Crippen LogP contribution in [0.15, 0.2) is 0 Å². The number of hydrogen-bond donors (Lipinski definition) is 1. The number of carbonyl (C=O) groups is 2. The van der Waals surface area contributed by atoms with Crippen LogP contribution in [0.1, 0.15) is 40.5 Å². The molecule has 0 saturated carbocycles. The molecule has 0 amide bonds. The molecular weight excluding hydrogens is 196 g/mol. The van der Waals surface area contributed by atoms with Crippen molar-refractivity contribution in [2.24, 2.45) is 11.3 Å². The fraction of sp³-hybridized carbons (Fsp3) is 0.818. The third-order valence-electron chi connectivity index (χ3n) is 2.05. The number of hydrogen-bond acceptors (Lipinski definition) is 3. The lowest BCUT2D eigenvalue weighted by molar-refractivity contribution is -0.158. The fourth-order valence-corrected chi connectivity index (χ4v) is 1.16. The summed E-state index contributed by atoms with van der Waals surface area (Å²) >= 11 is 0. The Kier molecular flexibility index (Phi) is 5.33. The molecule has 0 radical (unpaired) electrons. The first-order chi connectivity index (χ1) is 6.78. The van der Waals surface area contributed by atoms with Gasteiger partial charge in [-0.15, -0.1) is 0 Å². The number of carboxylic acid groups (broad SMARTS) is 1. The zero-order valence-electron chi connectivity index (χ0n) is 9.87. The molecule has 0 aromatic heterocycles. The zero-order chi connectivity index (χ0) is 12.1. The minimum absolute atomic E-state index is 0.0280. The highest BCUT2D eigenvalue weighted by Crippen LogP contribution is 2.24. The quantitative estimate of drug-likeness (QED) is 0.564. The normalized spacial score (nSPS) is 13.3. The van der Waals surface area contributed by atoms with E-state index in [9.17, 15) is 9.59 Å². The molecule has 0 spiro atoms. The smallest absolute Gasteiger partial charge is 0.320 e. The molecule has 0 heterocycles. The van der Waals surface area contributed by atoms with Crippen molar-refractivity contribution in [2.75, 3.05) is 6.61 Å². The average Bonchev–Trinajstić information content (AvgIpc) is 2.01. The molecule has 1 unspecified atom stereocenters. The van der Waals surface area contributed by atoms with E-state index in [1.807, 2.05) is 20.8 Å². The van der Waals surface area contributed by atoms with Crippen molar-refractivity contribution >= 4 is 11.9 Å². The second kappa shape index (κ2) is 5.73. The topological polar surface area (TPSA) is 63.6 Å². The predicted molar refractivity (Wildman–Crippen MR) is 56.4 cm³/mol. The molecule has 0 aliphatic heterocycles. The Bertz CT molecular complexity index is 227. The van der Waals surface area contributed by atoms with Crippen LogP contribution in [0.2, 0.25) is 0 Å². The lowest BCUT2D eigenvalue weighted by Gasteiger charge is -2.20. The number of aliphatic carboxylic acids is 1. The summed E-state index contributed by atoms with van der Waals surface area (Å²) < 4.78 is 4.71. The van der Waals surface area contributed by atoms with Gasteiger partial charge in [0.25, 0.3) is 0 Å². The molecule has 0 saturated heterocycles. The van der Waals surface area contributed by atoms with E-state index in [4.69, 9.17) is 9.84 Å². The highest BCUT2D eigenvalue weighted by Gasteiger charge is 2.28. The monoisotopic (exact) mass is 216 g/mol. The van der Waals surface area contributed by atoms with Crippen LogP contribution in [-0.4, -0.2) is 23.7 Å². The first kappa shape index (κ1) is 13.9. The lowest BCUT2D eigenvalue weighted by Crippen LogP contribution is -2.27. The summed E-state index contributed by atoms with van der Waals surface area (Å²) in [6.45, 7) is 7.92. The van der Waals surface area contributed by atoms with Crippen molar-refractivity contribution in [3.05, 3.63) is 0 Å². The van der Waals surface area contributed by atoms with Crippen molar-refractivity contribution in [2.45, 2.75) is 40.5 Å². The van der Waals surface area contributed by atoms with Gasteiger partial charge in [-0.1, -0.05) is 20.8 Å². The van der Waals surface area contributed by atoms with E-state index in [1.165, 1.54) is 0 Å². The van der Waals surface area contributed by atoms with E-state index in [0.717, 1.165) is 0 Å². The minimum atomic E-state index is -1.10. The minimum Gasteiger partial charge on any atom is -0.481 e. The Morgan fingerprint density at radius 3 is 2.20 bits per heavy atom. The first-order valence-electron chi connectivity index (χ1n) is 5.17.